The van der Waals surface area contributed by atoms with Crippen molar-refractivity contribution in [3.05, 3.63) is 70.9 Å². The number of carbonyl (C=O) groups is 2. The van der Waals surface area contributed by atoms with Gasteiger partial charge in [-0.3, -0.25) is 0 Å². The van der Waals surface area contributed by atoms with E-state index in [0.717, 1.165) is 11.3 Å². The summed E-state index contributed by atoms with van der Waals surface area (Å²) in [6, 6.07) is 14.4. The van der Waals surface area contributed by atoms with Gasteiger partial charge in [-0.15, -0.1) is 0 Å². The fourth-order valence-corrected chi connectivity index (χ4v) is 4.33. The third-order valence-electron chi connectivity index (χ3n) is 4.74. The summed E-state index contributed by atoms with van der Waals surface area (Å²) in [7, 11) is 0. The average Bonchev–Trinajstić information content (AvgIpc) is 3.22. The van der Waals surface area contributed by atoms with E-state index < -0.39 is 12.0 Å². The molecule has 2 aromatic carbocycles. The maximum absolute atomic E-state index is 12.8. The molecule has 8 heteroatoms. The molecule has 0 fully saturated rings. The molecule has 1 atom stereocenters. The van der Waals surface area contributed by atoms with Crippen molar-refractivity contribution in [3.63, 3.8) is 0 Å². The minimum Gasteiger partial charge on any atom is -0.463 e. The molecule has 2 amide bonds. The van der Waals surface area contributed by atoms with Gasteiger partial charge in [-0.1, -0.05) is 36.4 Å². The van der Waals surface area contributed by atoms with Crippen molar-refractivity contribution >= 4 is 23.8 Å². The first-order chi connectivity index (χ1) is 14.7. The third-order valence-corrected chi connectivity index (χ3v) is 5.77. The molecule has 0 radical (unpaired) electrons. The number of ether oxygens (including phenoxy) is 3. The van der Waals surface area contributed by atoms with Crippen LogP contribution in [-0.4, -0.2) is 31.2 Å². The van der Waals surface area contributed by atoms with E-state index in [4.69, 9.17) is 14.2 Å². The summed E-state index contributed by atoms with van der Waals surface area (Å²) < 4.78 is 16.1. The Morgan fingerprint density at radius 1 is 1.13 bits per heavy atom. The molecule has 0 bridgehead atoms. The molecule has 2 aromatic rings. The molecule has 156 valence electrons. The van der Waals surface area contributed by atoms with Crippen LogP contribution in [0.3, 0.4) is 0 Å². The van der Waals surface area contributed by atoms with Gasteiger partial charge in [-0.25, -0.2) is 9.59 Å². The second-order valence-corrected chi connectivity index (χ2v) is 7.72. The van der Waals surface area contributed by atoms with Crippen molar-refractivity contribution in [2.45, 2.75) is 18.7 Å². The van der Waals surface area contributed by atoms with Gasteiger partial charge in [0.15, 0.2) is 11.5 Å². The number of nitrogens with one attached hydrogen (secondary N) is 2. The number of urea groups is 1. The van der Waals surface area contributed by atoms with Gasteiger partial charge in [-0.2, -0.15) is 11.8 Å². The molecule has 30 heavy (non-hydrogen) atoms. The molecule has 2 aliphatic heterocycles. The van der Waals surface area contributed by atoms with Gasteiger partial charge in [0, 0.05) is 17.2 Å². The first-order valence-electron chi connectivity index (χ1n) is 9.64. The lowest BCUT2D eigenvalue weighted by atomic mass is 9.95. The number of thioether (sulfide) groups is 1. The van der Waals surface area contributed by atoms with Crippen LogP contribution in [0.2, 0.25) is 0 Å². The van der Waals surface area contributed by atoms with Crippen LogP contribution < -0.4 is 20.1 Å². The fourth-order valence-electron chi connectivity index (χ4n) is 3.37. The minimum absolute atomic E-state index is 0.152. The Bertz CT molecular complexity index is 977. The first-order valence-corrected chi connectivity index (χ1v) is 10.8. The zero-order chi connectivity index (χ0) is 20.9. The molecule has 0 unspecified atom stereocenters. The van der Waals surface area contributed by atoms with E-state index in [9.17, 15) is 9.59 Å². The van der Waals surface area contributed by atoms with Gasteiger partial charge in [0.1, 0.15) is 0 Å². The van der Waals surface area contributed by atoms with Crippen LogP contribution in [0.5, 0.6) is 11.5 Å². The number of rotatable bonds is 7. The van der Waals surface area contributed by atoms with Gasteiger partial charge in [0.25, 0.3) is 0 Å². The number of fused-ring (bicyclic) bond motifs is 1. The maximum atomic E-state index is 12.8. The molecule has 0 aromatic heterocycles. The molecule has 0 saturated heterocycles. The van der Waals surface area contributed by atoms with Crippen molar-refractivity contribution < 1.29 is 23.8 Å². The highest BCUT2D eigenvalue weighted by molar-refractivity contribution is 7.98. The minimum atomic E-state index is -0.639. The summed E-state index contributed by atoms with van der Waals surface area (Å²) >= 11 is 1.62. The quantitative estimate of drug-likeness (QED) is 0.659. The fraction of sp³-hybridized carbons (Fsp3) is 0.273. The molecule has 0 saturated carbocycles. The lowest BCUT2D eigenvalue weighted by Crippen LogP contribution is -2.46. The highest BCUT2D eigenvalue weighted by Gasteiger charge is 2.34. The van der Waals surface area contributed by atoms with Gasteiger partial charge < -0.3 is 24.8 Å². The highest BCUT2D eigenvalue weighted by Crippen LogP contribution is 2.37. The van der Waals surface area contributed by atoms with Crippen LogP contribution in [0.15, 0.2) is 59.8 Å². The van der Waals surface area contributed by atoms with Crippen LogP contribution in [0.25, 0.3) is 0 Å². The largest absolute Gasteiger partial charge is 0.463 e. The van der Waals surface area contributed by atoms with Crippen LogP contribution in [-0.2, 0) is 15.3 Å². The Labute approximate surface area is 178 Å². The molecule has 0 spiro atoms. The normalized spacial score (nSPS) is 17.4. The van der Waals surface area contributed by atoms with E-state index in [1.165, 1.54) is 5.56 Å². The summed E-state index contributed by atoms with van der Waals surface area (Å²) in [6.45, 7) is 2.15. The van der Waals surface area contributed by atoms with E-state index in [1.807, 2.05) is 36.4 Å². The van der Waals surface area contributed by atoms with E-state index in [-0.39, 0.29) is 19.4 Å². The van der Waals surface area contributed by atoms with Crippen molar-refractivity contribution in [2.24, 2.45) is 0 Å². The number of amides is 2. The molecular weight excluding hydrogens is 404 g/mol. The second-order valence-electron chi connectivity index (χ2n) is 6.74. The van der Waals surface area contributed by atoms with Crippen LogP contribution >= 0.6 is 11.8 Å². The average molecular weight is 426 g/mol. The SMILES string of the molecule is CCOC(=O)C1=C(CSCc2ccccc2)NC(=O)N[C@@H]1c1ccc2c(c1)OCO2. The smallest absolute Gasteiger partial charge is 0.338 e. The van der Waals surface area contributed by atoms with Crippen LogP contribution in [0.1, 0.15) is 24.1 Å². The second kappa shape index (κ2) is 9.13. The molecule has 4 rings (SSSR count). The number of carbonyl (C=O) groups excluding carboxylic acids is 2. The summed E-state index contributed by atoms with van der Waals surface area (Å²) in [5.41, 5.74) is 2.85. The third kappa shape index (κ3) is 4.38. The molecule has 2 heterocycles. The molecule has 2 N–H and O–H groups in total. The van der Waals surface area contributed by atoms with Gasteiger partial charge in [-0.05, 0) is 30.2 Å². The Hall–Kier alpha value is -3.13. The van der Waals surface area contributed by atoms with Gasteiger partial charge in [0.05, 0.1) is 18.2 Å². The van der Waals surface area contributed by atoms with Crippen molar-refractivity contribution in [1.82, 2.24) is 10.6 Å². The van der Waals surface area contributed by atoms with E-state index in [0.29, 0.717) is 28.5 Å². The number of esters is 1. The predicted octanol–water partition coefficient (Wildman–Crippen LogP) is 3.52. The molecular formula is C22H22N2O5S. The van der Waals surface area contributed by atoms with Crippen molar-refractivity contribution in [3.8, 4) is 11.5 Å². The highest BCUT2D eigenvalue weighted by atomic mass is 32.2. The predicted molar refractivity (Wildman–Crippen MR) is 113 cm³/mol. The monoisotopic (exact) mass is 426 g/mol. The number of hydrogen-bond donors (Lipinski definition) is 2. The van der Waals surface area contributed by atoms with Gasteiger partial charge >= 0.3 is 12.0 Å². The first kappa shape index (κ1) is 20.2. The summed E-state index contributed by atoms with van der Waals surface area (Å²) in [5, 5.41) is 5.63. The zero-order valence-electron chi connectivity index (χ0n) is 16.5. The number of hydrogen-bond acceptors (Lipinski definition) is 6. The Kier molecular flexibility index (Phi) is 6.13. The Balaban J connectivity index is 1.62. The molecule has 7 nitrogen and oxygen atoms in total. The lowest BCUT2D eigenvalue weighted by Gasteiger charge is -2.29. The Morgan fingerprint density at radius 3 is 2.73 bits per heavy atom. The zero-order valence-corrected chi connectivity index (χ0v) is 17.3. The van der Waals surface area contributed by atoms with Crippen molar-refractivity contribution in [1.29, 1.82) is 0 Å². The summed E-state index contributed by atoms with van der Waals surface area (Å²) in [4.78, 5) is 25.2. The van der Waals surface area contributed by atoms with Crippen LogP contribution in [0, 0.1) is 0 Å². The van der Waals surface area contributed by atoms with Gasteiger partial charge in [0.2, 0.25) is 6.79 Å². The standard InChI is InChI=1S/C22H22N2O5S/c1-2-27-21(25)19-16(12-30-11-14-6-4-3-5-7-14)23-22(26)24-20(19)15-8-9-17-18(10-15)29-13-28-17/h3-10,20H,2,11-13H2,1H3,(H2,23,24,26)/t20-/m1/s1. The molecule has 2 aliphatic rings. The Morgan fingerprint density at radius 2 is 1.93 bits per heavy atom. The van der Waals surface area contributed by atoms with Crippen LogP contribution in [0.4, 0.5) is 4.79 Å². The topological polar surface area (TPSA) is 85.9 Å². The summed E-state index contributed by atoms with van der Waals surface area (Å²) in [5.74, 6) is 2.00. The van der Waals surface area contributed by atoms with Crippen molar-refractivity contribution in [2.75, 3.05) is 19.2 Å². The molecule has 0 aliphatic carbocycles. The van der Waals surface area contributed by atoms with E-state index >= 15 is 0 Å². The van der Waals surface area contributed by atoms with E-state index in [1.54, 1.807) is 30.8 Å². The summed E-state index contributed by atoms with van der Waals surface area (Å²) in [6.07, 6.45) is 0. The number of benzene rings is 2. The maximum Gasteiger partial charge on any atom is 0.338 e. The lowest BCUT2D eigenvalue weighted by molar-refractivity contribution is -0.139. The van der Waals surface area contributed by atoms with E-state index in [2.05, 4.69) is 10.6 Å².